The number of likely N-dealkylation sites (tertiary alicyclic amines) is 1. The molecule has 0 aliphatic carbocycles. The van der Waals surface area contributed by atoms with Crippen LogP contribution in [0.2, 0.25) is 0 Å². The molecule has 0 aromatic rings. The molecule has 6 heteroatoms. The molecular weight excluding hydrogens is 240 g/mol. The van der Waals surface area contributed by atoms with E-state index in [1.165, 1.54) is 0 Å². The number of amides is 1. The minimum Gasteiger partial charge on any atom is -0.344 e. The van der Waals surface area contributed by atoms with E-state index in [4.69, 9.17) is 0 Å². The van der Waals surface area contributed by atoms with E-state index < -0.39 is 14.6 Å². The molecule has 1 amide bonds. The van der Waals surface area contributed by atoms with Gasteiger partial charge in [0.2, 0.25) is 5.91 Å². The Labute approximate surface area is 103 Å². The van der Waals surface area contributed by atoms with Crippen molar-refractivity contribution in [2.75, 3.05) is 25.9 Å². The zero-order valence-electron chi connectivity index (χ0n) is 11.0. The second-order valence-electron chi connectivity index (χ2n) is 5.49. The average Bonchev–Trinajstić information content (AvgIpc) is 2.47. The first-order valence-electron chi connectivity index (χ1n) is 5.86. The average molecular weight is 262 g/mol. The van der Waals surface area contributed by atoms with Gasteiger partial charge in [-0.2, -0.15) is 0 Å². The van der Waals surface area contributed by atoms with Crippen molar-refractivity contribution >= 4 is 15.7 Å². The number of likely N-dealkylation sites (N-methyl/N-ethyl adjacent to an activating group) is 1. The molecule has 0 aromatic heterocycles. The molecule has 0 aromatic carbocycles. The van der Waals surface area contributed by atoms with Gasteiger partial charge in [-0.25, -0.2) is 8.42 Å². The van der Waals surface area contributed by atoms with E-state index in [2.05, 4.69) is 5.32 Å². The highest BCUT2D eigenvalue weighted by molar-refractivity contribution is 7.92. The Morgan fingerprint density at radius 3 is 2.41 bits per heavy atom. The number of nitrogens with zero attached hydrogens (tertiary/aromatic N) is 1. The first-order valence-corrected chi connectivity index (χ1v) is 7.51. The van der Waals surface area contributed by atoms with Crippen LogP contribution in [-0.4, -0.2) is 55.9 Å². The van der Waals surface area contributed by atoms with Crippen molar-refractivity contribution in [3.8, 4) is 0 Å². The summed E-state index contributed by atoms with van der Waals surface area (Å²) in [7, 11) is -1.35. The molecule has 1 aliphatic rings. The second-order valence-corrected chi connectivity index (χ2v) is 8.35. The number of carbonyl (C=O) groups excluding carboxylic acids is 1. The first-order chi connectivity index (χ1) is 7.65. The van der Waals surface area contributed by atoms with Crippen LogP contribution in [0.25, 0.3) is 0 Å². The van der Waals surface area contributed by atoms with Crippen LogP contribution in [0, 0.1) is 0 Å². The number of hydrogen-bond donors (Lipinski definition) is 1. The van der Waals surface area contributed by atoms with Gasteiger partial charge in [0.05, 0.1) is 16.5 Å². The molecule has 5 nitrogen and oxygen atoms in total. The molecule has 0 bridgehead atoms. The van der Waals surface area contributed by atoms with Gasteiger partial charge in [-0.1, -0.05) is 0 Å². The normalized spacial score (nSPS) is 22.2. The Bertz CT molecular complexity index is 384. The van der Waals surface area contributed by atoms with Crippen LogP contribution >= 0.6 is 0 Å². The molecule has 1 saturated heterocycles. The summed E-state index contributed by atoms with van der Waals surface area (Å²) in [6.45, 7) is 6.15. The summed E-state index contributed by atoms with van der Waals surface area (Å²) in [5, 5.41) is 3.02. The minimum atomic E-state index is -3.11. The number of nitrogens with one attached hydrogen (secondary N) is 1. The van der Waals surface area contributed by atoms with E-state index in [-0.39, 0.29) is 17.7 Å². The quantitative estimate of drug-likeness (QED) is 0.775. The van der Waals surface area contributed by atoms with E-state index in [0.717, 1.165) is 13.0 Å². The van der Waals surface area contributed by atoms with Crippen LogP contribution in [0.3, 0.4) is 0 Å². The lowest BCUT2D eigenvalue weighted by atomic mass is 10.2. The molecule has 1 heterocycles. The number of rotatable bonds is 4. The zero-order chi connectivity index (χ0) is 13.3. The highest BCUT2D eigenvalue weighted by Crippen LogP contribution is 2.15. The van der Waals surface area contributed by atoms with Crippen LogP contribution in [0.15, 0.2) is 0 Å². The first kappa shape index (κ1) is 14.4. The third-order valence-electron chi connectivity index (χ3n) is 3.12. The van der Waals surface area contributed by atoms with E-state index in [0.29, 0.717) is 6.54 Å². The van der Waals surface area contributed by atoms with Gasteiger partial charge in [0.25, 0.3) is 0 Å². The van der Waals surface area contributed by atoms with Crippen molar-refractivity contribution in [1.29, 1.82) is 0 Å². The van der Waals surface area contributed by atoms with Gasteiger partial charge in [-0.3, -0.25) is 4.79 Å². The van der Waals surface area contributed by atoms with E-state index in [9.17, 15) is 13.2 Å². The van der Waals surface area contributed by atoms with Crippen molar-refractivity contribution in [3.05, 3.63) is 0 Å². The Morgan fingerprint density at radius 1 is 1.41 bits per heavy atom. The Balaban J connectivity index is 2.42. The molecule has 17 heavy (non-hydrogen) atoms. The Kier molecular flexibility index (Phi) is 4.19. The Morgan fingerprint density at radius 2 is 2.00 bits per heavy atom. The zero-order valence-corrected chi connectivity index (χ0v) is 11.8. The summed E-state index contributed by atoms with van der Waals surface area (Å²) < 4.78 is 22.9. The third kappa shape index (κ3) is 3.42. The maximum atomic E-state index is 11.8. The lowest BCUT2D eigenvalue weighted by Crippen LogP contribution is -2.41. The molecule has 1 fully saturated rings. The van der Waals surface area contributed by atoms with E-state index >= 15 is 0 Å². The molecule has 1 aliphatic heterocycles. The number of carbonyl (C=O) groups is 1. The molecular formula is C11H22N2O3S. The summed E-state index contributed by atoms with van der Waals surface area (Å²) in [6.07, 6.45) is 0.755. The SMILES string of the molecule is CN1CCC(NCCS(=O)(=O)C(C)(C)C)C1=O. The van der Waals surface area contributed by atoms with Gasteiger partial charge < -0.3 is 10.2 Å². The fraction of sp³-hybridized carbons (Fsp3) is 0.909. The summed E-state index contributed by atoms with van der Waals surface area (Å²) in [4.78, 5) is 13.2. The molecule has 100 valence electrons. The number of sulfone groups is 1. The summed E-state index contributed by atoms with van der Waals surface area (Å²) in [6, 6.07) is -0.213. The highest BCUT2D eigenvalue weighted by Gasteiger charge is 2.31. The maximum Gasteiger partial charge on any atom is 0.239 e. The van der Waals surface area contributed by atoms with Crippen LogP contribution < -0.4 is 5.32 Å². The summed E-state index contributed by atoms with van der Waals surface area (Å²) >= 11 is 0. The smallest absolute Gasteiger partial charge is 0.239 e. The molecule has 1 N–H and O–H groups in total. The summed E-state index contributed by atoms with van der Waals surface area (Å²) in [5.74, 6) is 0.127. The largest absolute Gasteiger partial charge is 0.344 e. The molecule has 0 radical (unpaired) electrons. The van der Waals surface area contributed by atoms with Crippen LogP contribution in [-0.2, 0) is 14.6 Å². The Hall–Kier alpha value is -0.620. The van der Waals surface area contributed by atoms with Gasteiger partial charge in [-0.05, 0) is 27.2 Å². The fourth-order valence-corrected chi connectivity index (χ4v) is 2.68. The predicted octanol–water partition coefficient (Wildman–Crippen LogP) is 0.0200. The van der Waals surface area contributed by atoms with Crippen molar-refractivity contribution in [2.45, 2.75) is 38.0 Å². The topological polar surface area (TPSA) is 66.5 Å². The molecule has 0 saturated carbocycles. The van der Waals surface area contributed by atoms with Crippen LogP contribution in [0.1, 0.15) is 27.2 Å². The summed E-state index contributed by atoms with van der Waals surface area (Å²) in [5.41, 5.74) is 0. The van der Waals surface area contributed by atoms with E-state index in [1.807, 2.05) is 0 Å². The maximum absolute atomic E-state index is 11.8. The van der Waals surface area contributed by atoms with Gasteiger partial charge in [0, 0.05) is 20.1 Å². The van der Waals surface area contributed by atoms with Gasteiger partial charge in [0.15, 0.2) is 9.84 Å². The van der Waals surface area contributed by atoms with Crippen molar-refractivity contribution in [2.24, 2.45) is 0 Å². The van der Waals surface area contributed by atoms with Crippen LogP contribution in [0.5, 0.6) is 0 Å². The lowest BCUT2D eigenvalue weighted by Gasteiger charge is -2.20. The molecule has 1 atom stereocenters. The number of hydrogen-bond acceptors (Lipinski definition) is 4. The van der Waals surface area contributed by atoms with Crippen LogP contribution in [0.4, 0.5) is 0 Å². The van der Waals surface area contributed by atoms with E-state index in [1.54, 1.807) is 32.7 Å². The second kappa shape index (κ2) is 4.94. The minimum absolute atomic E-state index is 0.0538. The molecule has 1 rings (SSSR count). The standard InChI is InChI=1S/C11H22N2O3S/c1-11(2,3)17(15,16)8-6-12-9-5-7-13(4)10(9)14/h9,12H,5-8H2,1-4H3. The molecule has 1 unspecified atom stereocenters. The lowest BCUT2D eigenvalue weighted by molar-refractivity contribution is -0.128. The highest BCUT2D eigenvalue weighted by atomic mass is 32.2. The van der Waals surface area contributed by atoms with Gasteiger partial charge >= 0.3 is 0 Å². The fourth-order valence-electron chi connectivity index (χ4n) is 1.69. The van der Waals surface area contributed by atoms with Gasteiger partial charge in [0.1, 0.15) is 0 Å². The third-order valence-corrected chi connectivity index (χ3v) is 5.73. The molecule has 0 spiro atoms. The van der Waals surface area contributed by atoms with Gasteiger partial charge in [-0.15, -0.1) is 0 Å². The van der Waals surface area contributed by atoms with Crippen molar-refractivity contribution in [3.63, 3.8) is 0 Å². The van der Waals surface area contributed by atoms with Crippen molar-refractivity contribution < 1.29 is 13.2 Å². The van der Waals surface area contributed by atoms with Crippen molar-refractivity contribution in [1.82, 2.24) is 10.2 Å². The predicted molar refractivity (Wildman–Crippen MR) is 67.6 cm³/mol. The monoisotopic (exact) mass is 262 g/mol.